The van der Waals surface area contributed by atoms with Gasteiger partial charge in [-0.05, 0) is 39.3 Å². The van der Waals surface area contributed by atoms with Gasteiger partial charge in [-0.15, -0.1) is 0 Å². The lowest BCUT2D eigenvalue weighted by Crippen LogP contribution is -2.60. The van der Waals surface area contributed by atoms with Crippen LogP contribution in [0.25, 0.3) is 0 Å². The Morgan fingerprint density at radius 1 is 1.25 bits per heavy atom. The van der Waals surface area contributed by atoms with Crippen LogP contribution in [0.2, 0.25) is 0 Å². The van der Waals surface area contributed by atoms with Crippen molar-refractivity contribution in [2.75, 3.05) is 13.1 Å². The molecule has 16 heavy (non-hydrogen) atoms. The number of nitrogens with one attached hydrogen (secondary N) is 1. The van der Waals surface area contributed by atoms with Gasteiger partial charge in [0.25, 0.3) is 0 Å². The van der Waals surface area contributed by atoms with Crippen molar-refractivity contribution in [2.45, 2.75) is 38.9 Å². The van der Waals surface area contributed by atoms with Crippen LogP contribution in [-0.4, -0.2) is 24.0 Å². The first kappa shape index (κ1) is 11.6. The van der Waals surface area contributed by atoms with E-state index in [1.165, 1.54) is 18.5 Å². The number of nitrogens with zero attached hydrogens (tertiary/aromatic N) is 1. The van der Waals surface area contributed by atoms with Gasteiger partial charge in [0.05, 0.1) is 5.66 Å². The van der Waals surface area contributed by atoms with Crippen molar-refractivity contribution >= 4 is 0 Å². The average molecular weight is 218 g/mol. The summed E-state index contributed by atoms with van der Waals surface area (Å²) >= 11 is 0. The van der Waals surface area contributed by atoms with Crippen molar-refractivity contribution < 1.29 is 0 Å². The molecule has 0 radical (unpaired) electrons. The Morgan fingerprint density at radius 2 is 1.94 bits per heavy atom. The molecule has 0 unspecified atom stereocenters. The molecule has 0 saturated carbocycles. The molecule has 88 valence electrons. The van der Waals surface area contributed by atoms with Gasteiger partial charge in [-0.25, -0.2) is 0 Å². The topological polar surface area (TPSA) is 15.3 Å². The molecule has 1 atom stereocenters. The maximum absolute atomic E-state index is 3.67. The first-order valence-corrected chi connectivity index (χ1v) is 6.22. The monoisotopic (exact) mass is 218 g/mol. The average Bonchev–Trinajstić information content (AvgIpc) is 2.30. The standard InChI is InChI=1S/C14H22N2/c1-12(2)16-11-7-10-15-14(16,3)13-8-5-4-6-9-13/h4-6,8-9,12,15H,7,10-11H2,1-3H3/t14-/m0/s1. The Morgan fingerprint density at radius 3 is 2.56 bits per heavy atom. The smallest absolute Gasteiger partial charge is 0.0948 e. The van der Waals surface area contributed by atoms with Crippen molar-refractivity contribution in [1.29, 1.82) is 0 Å². The van der Waals surface area contributed by atoms with Gasteiger partial charge in [0, 0.05) is 12.6 Å². The van der Waals surface area contributed by atoms with E-state index < -0.39 is 0 Å². The second-order valence-corrected chi connectivity index (χ2v) is 5.01. The highest BCUT2D eigenvalue weighted by Crippen LogP contribution is 2.29. The molecule has 1 aliphatic heterocycles. The normalized spacial score (nSPS) is 27.2. The van der Waals surface area contributed by atoms with Gasteiger partial charge in [-0.1, -0.05) is 30.3 Å². The minimum absolute atomic E-state index is 0.00627. The molecule has 2 nitrogen and oxygen atoms in total. The zero-order valence-electron chi connectivity index (χ0n) is 10.5. The molecule has 0 spiro atoms. The van der Waals surface area contributed by atoms with Crippen LogP contribution in [0.3, 0.4) is 0 Å². The van der Waals surface area contributed by atoms with Gasteiger partial charge in [-0.3, -0.25) is 10.2 Å². The van der Waals surface area contributed by atoms with Crippen LogP contribution in [0.5, 0.6) is 0 Å². The Hall–Kier alpha value is -0.860. The van der Waals surface area contributed by atoms with Gasteiger partial charge in [0.2, 0.25) is 0 Å². The van der Waals surface area contributed by atoms with E-state index in [2.05, 4.69) is 61.3 Å². The van der Waals surface area contributed by atoms with Crippen LogP contribution in [-0.2, 0) is 5.66 Å². The molecule has 1 saturated heterocycles. The Bertz CT molecular complexity index is 334. The van der Waals surface area contributed by atoms with Gasteiger partial charge < -0.3 is 0 Å². The van der Waals surface area contributed by atoms with Crippen molar-refractivity contribution in [2.24, 2.45) is 0 Å². The van der Waals surface area contributed by atoms with Crippen molar-refractivity contribution in [1.82, 2.24) is 10.2 Å². The summed E-state index contributed by atoms with van der Waals surface area (Å²) in [5.41, 5.74) is 1.36. The summed E-state index contributed by atoms with van der Waals surface area (Å²) in [6, 6.07) is 11.3. The highest BCUT2D eigenvalue weighted by molar-refractivity contribution is 5.23. The van der Waals surface area contributed by atoms with Crippen molar-refractivity contribution in [3.05, 3.63) is 35.9 Å². The van der Waals surface area contributed by atoms with Crippen LogP contribution in [0, 0.1) is 0 Å². The largest absolute Gasteiger partial charge is 0.296 e. The first-order valence-electron chi connectivity index (χ1n) is 6.22. The molecule has 2 heteroatoms. The van der Waals surface area contributed by atoms with E-state index in [9.17, 15) is 0 Å². The van der Waals surface area contributed by atoms with Gasteiger partial charge >= 0.3 is 0 Å². The van der Waals surface area contributed by atoms with Crippen LogP contribution in [0.1, 0.15) is 32.8 Å². The van der Waals surface area contributed by atoms with Crippen LogP contribution in [0.4, 0.5) is 0 Å². The van der Waals surface area contributed by atoms with E-state index in [1.54, 1.807) is 0 Å². The van der Waals surface area contributed by atoms with Gasteiger partial charge in [0.15, 0.2) is 0 Å². The fraction of sp³-hybridized carbons (Fsp3) is 0.571. The quantitative estimate of drug-likeness (QED) is 0.820. The zero-order chi connectivity index (χ0) is 11.6. The van der Waals surface area contributed by atoms with Gasteiger partial charge in [-0.2, -0.15) is 0 Å². The van der Waals surface area contributed by atoms with E-state index in [0.29, 0.717) is 6.04 Å². The lowest BCUT2D eigenvalue weighted by atomic mass is 9.95. The van der Waals surface area contributed by atoms with Crippen LogP contribution < -0.4 is 5.32 Å². The number of rotatable bonds is 2. The van der Waals surface area contributed by atoms with E-state index >= 15 is 0 Å². The molecule has 0 bridgehead atoms. The molecular formula is C14H22N2. The molecule has 1 aromatic carbocycles. The summed E-state index contributed by atoms with van der Waals surface area (Å²) < 4.78 is 0. The highest BCUT2D eigenvalue weighted by atomic mass is 15.3. The highest BCUT2D eigenvalue weighted by Gasteiger charge is 2.36. The lowest BCUT2D eigenvalue weighted by Gasteiger charge is -2.48. The first-order chi connectivity index (χ1) is 7.64. The minimum atomic E-state index is -0.00627. The number of benzene rings is 1. The second-order valence-electron chi connectivity index (χ2n) is 5.01. The zero-order valence-corrected chi connectivity index (χ0v) is 10.5. The minimum Gasteiger partial charge on any atom is -0.296 e. The van der Waals surface area contributed by atoms with E-state index in [4.69, 9.17) is 0 Å². The van der Waals surface area contributed by atoms with Crippen LogP contribution >= 0.6 is 0 Å². The second kappa shape index (κ2) is 4.56. The maximum atomic E-state index is 3.67. The van der Waals surface area contributed by atoms with Crippen molar-refractivity contribution in [3.8, 4) is 0 Å². The molecule has 0 amide bonds. The summed E-state index contributed by atoms with van der Waals surface area (Å²) in [6.45, 7) is 9.12. The summed E-state index contributed by atoms with van der Waals surface area (Å²) in [4.78, 5) is 2.55. The number of hydrogen-bond donors (Lipinski definition) is 1. The van der Waals surface area contributed by atoms with E-state index in [-0.39, 0.29) is 5.66 Å². The molecule has 1 N–H and O–H groups in total. The summed E-state index contributed by atoms with van der Waals surface area (Å²) in [7, 11) is 0. The molecule has 1 aromatic rings. The molecular weight excluding hydrogens is 196 g/mol. The number of hydrogen-bond acceptors (Lipinski definition) is 2. The van der Waals surface area contributed by atoms with Gasteiger partial charge in [0.1, 0.15) is 0 Å². The third kappa shape index (κ3) is 2.00. The summed E-state index contributed by atoms with van der Waals surface area (Å²) in [6.07, 6.45) is 1.24. The predicted octanol–water partition coefficient (Wildman–Crippen LogP) is 2.56. The summed E-state index contributed by atoms with van der Waals surface area (Å²) in [5, 5.41) is 3.67. The maximum Gasteiger partial charge on any atom is 0.0948 e. The Balaban J connectivity index is 2.33. The van der Waals surface area contributed by atoms with Crippen molar-refractivity contribution in [3.63, 3.8) is 0 Å². The molecule has 0 aliphatic carbocycles. The molecule has 0 aromatic heterocycles. The fourth-order valence-electron chi connectivity index (χ4n) is 2.71. The molecule has 2 rings (SSSR count). The third-order valence-corrected chi connectivity index (χ3v) is 3.58. The van der Waals surface area contributed by atoms with Crippen LogP contribution in [0.15, 0.2) is 30.3 Å². The lowest BCUT2D eigenvalue weighted by molar-refractivity contribution is 0.0112. The molecule has 1 fully saturated rings. The Labute approximate surface area is 98.7 Å². The molecule has 1 aliphatic rings. The SMILES string of the molecule is CC(C)N1CCCN[C@]1(C)c1ccccc1. The summed E-state index contributed by atoms with van der Waals surface area (Å²) in [5.74, 6) is 0. The Kier molecular flexibility index (Phi) is 3.31. The van der Waals surface area contributed by atoms with E-state index in [1.807, 2.05) is 0 Å². The predicted molar refractivity (Wildman–Crippen MR) is 68.3 cm³/mol. The molecule has 1 heterocycles. The third-order valence-electron chi connectivity index (χ3n) is 3.58. The fourth-order valence-corrected chi connectivity index (χ4v) is 2.71. The van der Waals surface area contributed by atoms with E-state index in [0.717, 1.165) is 6.54 Å².